The maximum Gasteiger partial charge on any atom is 0.149 e. The number of carbonyl (C=O) groups excluding carboxylic acids is 1. The van der Waals surface area contributed by atoms with Crippen LogP contribution in [0.5, 0.6) is 0 Å². The van der Waals surface area contributed by atoms with E-state index in [2.05, 4.69) is 0 Å². The smallest absolute Gasteiger partial charge is 0.149 e. The molecule has 0 saturated heterocycles. The molecule has 0 amide bonds. The van der Waals surface area contributed by atoms with Crippen LogP contribution in [0.4, 0.5) is 5.69 Å². The molecule has 0 N–H and O–H groups in total. The molecule has 1 aromatic rings. The van der Waals surface area contributed by atoms with Crippen molar-refractivity contribution in [2.75, 3.05) is 18.5 Å². The summed E-state index contributed by atoms with van der Waals surface area (Å²) in [5.74, 6) is 0.0866. The summed E-state index contributed by atoms with van der Waals surface area (Å²) in [6.45, 7) is 1.87. The van der Waals surface area contributed by atoms with Crippen molar-refractivity contribution >= 4 is 34.7 Å². The SMILES string of the molecule is CC(=O)CN(C)c1cc(Cl)ccc1Cl. The molecule has 76 valence electrons. The Hall–Kier alpha value is -0.730. The van der Waals surface area contributed by atoms with Crippen LogP contribution < -0.4 is 4.90 Å². The molecule has 0 heterocycles. The summed E-state index contributed by atoms with van der Waals surface area (Å²) in [5, 5.41) is 1.21. The molecule has 0 aliphatic carbocycles. The molecule has 0 spiro atoms. The zero-order chi connectivity index (χ0) is 10.7. The van der Waals surface area contributed by atoms with E-state index in [0.29, 0.717) is 16.6 Å². The Kier molecular flexibility index (Phi) is 3.78. The van der Waals surface area contributed by atoms with Crippen molar-refractivity contribution in [3.05, 3.63) is 28.2 Å². The van der Waals surface area contributed by atoms with Gasteiger partial charge in [-0.1, -0.05) is 23.2 Å². The lowest BCUT2D eigenvalue weighted by atomic mass is 10.3. The second kappa shape index (κ2) is 4.67. The van der Waals surface area contributed by atoms with Crippen LogP contribution in [0, 0.1) is 0 Å². The summed E-state index contributed by atoms with van der Waals surface area (Å²) in [4.78, 5) is 12.7. The highest BCUT2D eigenvalue weighted by atomic mass is 35.5. The second-order valence-corrected chi connectivity index (χ2v) is 4.00. The average Bonchev–Trinajstić information content (AvgIpc) is 2.08. The lowest BCUT2D eigenvalue weighted by Gasteiger charge is -2.19. The minimum Gasteiger partial charge on any atom is -0.366 e. The van der Waals surface area contributed by atoms with E-state index in [0.717, 1.165) is 5.69 Å². The Morgan fingerprint density at radius 2 is 2.07 bits per heavy atom. The third-order valence-electron chi connectivity index (χ3n) is 1.78. The first-order valence-electron chi connectivity index (χ1n) is 4.16. The quantitative estimate of drug-likeness (QED) is 0.798. The van der Waals surface area contributed by atoms with Crippen LogP contribution in [0.3, 0.4) is 0 Å². The number of rotatable bonds is 3. The number of anilines is 1. The zero-order valence-corrected chi connectivity index (χ0v) is 9.56. The third kappa shape index (κ3) is 2.89. The van der Waals surface area contributed by atoms with Gasteiger partial charge < -0.3 is 4.90 Å². The fraction of sp³-hybridized carbons (Fsp3) is 0.300. The van der Waals surface area contributed by atoms with Crippen LogP contribution in [0.2, 0.25) is 10.0 Å². The normalized spacial score (nSPS) is 10.0. The first-order chi connectivity index (χ1) is 6.50. The molecule has 0 radical (unpaired) electrons. The number of hydrogen-bond acceptors (Lipinski definition) is 2. The van der Waals surface area contributed by atoms with Gasteiger partial charge in [0.1, 0.15) is 5.78 Å². The maximum atomic E-state index is 10.9. The molecular formula is C10H11Cl2NO. The molecular weight excluding hydrogens is 221 g/mol. The van der Waals surface area contributed by atoms with E-state index < -0.39 is 0 Å². The fourth-order valence-corrected chi connectivity index (χ4v) is 1.63. The molecule has 0 aromatic heterocycles. The van der Waals surface area contributed by atoms with E-state index in [9.17, 15) is 4.79 Å². The van der Waals surface area contributed by atoms with Crippen LogP contribution >= 0.6 is 23.2 Å². The number of nitrogens with zero attached hydrogens (tertiary/aromatic N) is 1. The molecule has 0 aliphatic rings. The van der Waals surface area contributed by atoms with Gasteiger partial charge >= 0.3 is 0 Å². The summed E-state index contributed by atoms with van der Waals surface area (Å²) in [5.41, 5.74) is 0.773. The third-order valence-corrected chi connectivity index (χ3v) is 2.33. The Morgan fingerprint density at radius 1 is 1.43 bits per heavy atom. The Balaban J connectivity index is 2.93. The second-order valence-electron chi connectivity index (χ2n) is 3.15. The number of carbonyl (C=O) groups is 1. The van der Waals surface area contributed by atoms with Gasteiger partial charge in [0.25, 0.3) is 0 Å². The first-order valence-corrected chi connectivity index (χ1v) is 4.92. The molecule has 4 heteroatoms. The maximum absolute atomic E-state index is 10.9. The van der Waals surface area contributed by atoms with Gasteiger partial charge in [0, 0.05) is 12.1 Å². The molecule has 2 nitrogen and oxygen atoms in total. The molecule has 1 rings (SSSR count). The summed E-state index contributed by atoms with van der Waals surface area (Å²) in [7, 11) is 1.80. The largest absolute Gasteiger partial charge is 0.366 e. The Labute approximate surface area is 93.4 Å². The van der Waals surface area contributed by atoms with Gasteiger partial charge in [-0.2, -0.15) is 0 Å². The molecule has 0 unspecified atom stereocenters. The lowest BCUT2D eigenvalue weighted by molar-refractivity contribution is -0.115. The van der Waals surface area contributed by atoms with E-state index in [1.165, 1.54) is 6.92 Å². The van der Waals surface area contributed by atoms with Crippen molar-refractivity contribution in [1.29, 1.82) is 0 Å². The highest BCUT2D eigenvalue weighted by Crippen LogP contribution is 2.27. The highest BCUT2D eigenvalue weighted by molar-refractivity contribution is 6.35. The standard InChI is InChI=1S/C10H11Cl2NO/c1-7(14)6-13(2)10-5-8(11)3-4-9(10)12/h3-5H,6H2,1-2H3. The zero-order valence-electron chi connectivity index (χ0n) is 8.05. The molecule has 0 fully saturated rings. The first kappa shape index (κ1) is 11.3. The number of halogens is 2. The van der Waals surface area contributed by atoms with Gasteiger partial charge in [-0.25, -0.2) is 0 Å². The highest BCUT2D eigenvalue weighted by Gasteiger charge is 2.08. The monoisotopic (exact) mass is 231 g/mol. The van der Waals surface area contributed by atoms with Gasteiger partial charge in [-0.3, -0.25) is 4.79 Å². The van der Waals surface area contributed by atoms with Crippen molar-refractivity contribution < 1.29 is 4.79 Å². The molecule has 0 aliphatic heterocycles. The number of Topliss-reactive ketones (excluding diaryl/α,β-unsaturated/α-hetero) is 1. The van der Waals surface area contributed by atoms with Crippen molar-refractivity contribution in [3.63, 3.8) is 0 Å². The predicted octanol–water partition coefficient (Wildman–Crippen LogP) is 3.02. The van der Waals surface area contributed by atoms with Crippen molar-refractivity contribution in [2.24, 2.45) is 0 Å². The molecule has 1 aromatic carbocycles. The summed E-state index contributed by atoms with van der Waals surface area (Å²) < 4.78 is 0. The summed E-state index contributed by atoms with van der Waals surface area (Å²) in [6.07, 6.45) is 0. The van der Waals surface area contributed by atoms with Crippen molar-refractivity contribution in [1.82, 2.24) is 0 Å². The number of ketones is 1. The van der Waals surface area contributed by atoms with E-state index in [1.807, 2.05) is 0 Å². The minimum atomic E-state index is 0.0866. The van der Waals surface area contributed by atoms with Crippen LogP contribution in [-0.2, 0) is 4.79 Å². The van der Waals surface area contributed by atoms with E-state index in [-0.39, 0.29) is 5.78 Å². The van der Waals surface area contributed by atoms with E-state index >= 15 is 0 Å². The summed E-state index contributed by atoms with van der Waals surface area (Å²) >= 11 is 11.8. The Morgan fingerprint density at radius 3 is 2.64 bits per heavy atom. The van der Waals surface area contributed by atoms with Gasteiger partial charge in [-0.05, 0) is 25.1 Å². The average molecular weight is 232 g/mol. The van der Waals surface area contributed by atoms with Crippen LogP contribution in [0.25, 0.3) is 0 Å². The topological polar surface area (TPSA) is 20.3 Å². The van der Waals surface area contributed by atoms with E-state index in [4.69, 9.17) is 23.2 Å². The predicted molar refractivity (Wildman–Crippen MR) is 60.4 cm³/mol. The van der Waals surface area contributed by atoms with E-state index in [1.54, 1.807) is 30.1 Å². The van der Waals surface area contributed by atoms with Crippen LogP contribution in [0.1, 0.15) is 6.92 Å². The van der Waals surface area contributed by atoms with Gasteiger partial charge in [0.2, 0.25) is 0 Å². The van der Waals surface area contributed by atoms with Crippen molar-refractivity contribution in [3.8, 4) is 0 Å². The summed E-state index contributed by atoms with van der Waals surface area (Å²) in [6, 6.07) is 5.18. The number of likely N-dealkylation sites (N-methyl/N-ethyl adjacent to an activating group) is 1. The minimum absolute atomic E-state index is 0.0866. The molecule has 0 saturated carbocycles. The van der Waals surface area contributed by atoms with Gasteiger partial charge in [0.05, 0.1) is 17.3 Å². The number of hydrogen-bond donors (Lipinski definition) is 0. The van der Waals surface area contributed by atoms with Crippen molar-refractivity contribution in [2.45, 2.75) is 6.92 Å². The lowest BCUT2D eigenvalue weighted by Crippen LogP contribution is -2.23. The van der Waals surface area contributed by atoms with Gasteiger partial charge in [0.15, 0.2) is 0 Å². The Bertz CT molecular complexity index is 352. The molecule has 0 bridgehead atoms. The van der Waals surface area contributed by atoms with Gasteiger partial charge in [-0.15, -0.1) is 0 Å². The van der Waals surface area contributed by atoms with Crippen LogP contribution in [0.15, 0.2) is 18.2 Å². The fourth-order valence-electron chi connectivity index (χ4n) is 1.20. The molecule has 14 heavy (non-hydrogen) atoms. The molecule has 0 atom stereocenters. The van der Waals surface area contributed by atoms with Crippen LogP contribution in [-0.4, -0.2) is 19.4 Å². The number of benzene rings is 1.